The molecule has 6 nitrogen and oxygen atoms in total. The zero-order valence-corrected chi connectivity index (χ0v) is 17.2. The van der Waals surface area contributed by atoms with Crippen LogP contribution in [0.4, 0.5) is 0 Å². The lowest BCUT2D eigenvalue weighted by atomic mass is 9.69. The van der Waals surface area contributed by atoms with E-state index in [4.69, 9.17) is 9.47 Å². The quantitative estimate of drug-likeness (QED) is 0.557. The molecule has 1 fully saturated rings. The largest absolute Gasteiger partial charge is 0.504 e. The number of hydrogen-bond donors (Lipinski definition) is 3. The zero-order valence-electron chi connectivity index (χ0n) is 17.2. The van der Waals surface area contributed by atoms with Gasteiger partial charge in [0.15, 0.2) is 11.5 Å². The second-order valence-corrected chi connectivity index (χ2v) is 7.99. The summed E-state index contributed by atoms with van der Waals surface area (Å²) in [6, 6.07) is 5.20. The standard InChI is InChI=1S/C22H34O6/c1-4-5-17(14-23)18-9-11-22(13-20(18)26,28-15(2)24)10-8-16-6-7-19(25)21(12-16)27-3/h6-7,12,17-18,20,23,25-26H,4-5,8-11,13-14H2,1-3H3. The molecule has 1 aliphatic carbocycles. The summed E-state index contributed by atoms with van der Waals surface area (Å²) in [5.41, 5.74) is 0.260. The van der Waals surface area contributed by atoms with Crippen LogP contribution in [0.1, 0.15) is 57.9 Å². The highest BCUT2D eigenvalue weighted by Crippen LogP contribution is 2.42. The summed E-state index contributed by atoms with van der Waals surface area (Å²) in [5, 5.41) is 30.3. The first kappa shape index (κ1) is 22.5. The van der Waals surface area contributed by atoms with Gasteiger partial charge in [-0.3, -0.25) is 4.79 Å². The maximum absolute atomic E-state index is 11.8. The Morgan fingerprint density at radius 1 is 1.39 bits per heavy atom. The van der Waals surface area contributed by atoms with Crippen LogP contribution < -0.4 is 4.74 Å². The van der Waals surface area contributed by atoms with Crippen molar-refractivity contribution in [3.8, 4) is 11.5 Å². The van der Waals surface area contributed by atoms with Crippen molar-refractivity contribution in [2.24, 2.45) is 11.8 Å². The third-order valence-corrected chi connectivity index (χ3v) is 5.98. The van der Waals surface area contributed by atoms with Gasteiger partial charge in [0.25, 0.3) is 0 Å². The first-order chi connectivity index (χ1) is 13.3. The summed E-state index contributed by atoms with van der Waals surface area (Å²) in [6.07, 6.45) is 4.24. The highest BCUT2D eigenvalue weighted by Gasteiger charge is 2.44. The van der Waals surface area contributed by atoms with Gasteiger partial charge in [-0.15, -0.1) is 0 Å². The average Bonchev–Trinajstić information content (AvgIpc) is 2.65. The fraction of sp³-hybridized carbons (Fsp3) is 0.682. The number of aliphatic hydroxyl groups excluding tert-OH is 2. The SMILES string of the molecule is CCCC(CO)C1CCC(CCc2ccc(O)c(OC)c2)(OC(C)=O)CC1O. The van der Waals surface area contributed by atoms with E-state index < -0.39 is 11.7 Å². The number of aromatic hydroxyl groups is 1. The molecule has 1 aromatic carbocycles. The molecule has 1 aliphatic rings. The zero-order chi connectivity index (χ0) is 20.7. The molecule has 6 heteroatoms. The van der Waals surface area contributed by atoms with E-state index in [-0.39, 0.29) is 30.2 Å². The van der Waals surface area contributed by atoms with Gasteiger partial charge in [-0.1, -0.05) is 19.4 Å². The Hall–Kier alpha value is -1.79. The summed E-state index contributed by atoms with van der Waals surface area (Å²) in [4.78, 5) is 11.8. The first-order valence-corrected chi connectivity index (χ1v) is 10.2. The van der Waals surface area contributed by atoms with Crippen LogP contribution in [0, 0.1) is 11.8 Å². The number of hydrogen-bond acceptors (Lipinski definition) is 6. The molecule has 0 saturated heterocycles. The number of carbonyl (C=O) groups excluding carboxylic acids is 1. The molecule has 4 atom stereocenters. The molecule has 0 aliphatic heterocycles. The van der Waals surface area contributed by atoms with Crippen LogP contribution in [-0.4, -0.2) is 46.7 Å². The van der Waals surface area contributed by atoms with E-state index in [0.29, 0.717) is 31.4 Å². The highest BCUT2D eigenvalue weighted by molar-refractivity contribution is 5.66. The topological polar surface area (TPSA) is 96.2 Å². The molecule has 0 bridgehead atoms. The number of phenols is 1. The van der Waals surface area contributed by atoms with Crippen molar-refractivity contribution in [3.63, 3.8) is 0 Å². The number of carbonyl (C=O) groups is 1. The van der Waals surface area contributed by atoms with Gasteiger partial charge in [-0.25, -0.2) is 0 Å². The number of methoxy groups -OCH3 is 1. The van der Waals surface area contributed by atoms with Gasteiger partial charge in [0.1, 0.15) is 5.60 Å². The lowest BCUT2D eigenvalue weighted by Gasteiger charge is -2.44. The maximum atomic E-state index is 11.8. The van der Waals surface area contributed by atoms with Crippen molar-refractivity contribution in [2.75, 3.05) is 13.7 Å². The summed E-state index contributed by atoms with van der Waals surface area (Å²) >= 11 is 0. The highest BCUT2D eigenvalue weighted by atomic mass is 16.6. The monoisotopic (exact) mass is 394 g/mol. The minimum atomic E-state index is -0.709. The number of esters is 1. The minimum Gasteiger partial charge on any atom is -0.504 e. The molecule has 1 saturated carbocycles. The molecule has 0 heterocycles. The summed E-state index contributed by atoms with van der Waals surface area (Å²) in [6.45, 7) is 3.55. The average molecular weight is 395 g/mol. The minimum absolute atomic E-state index is 0.0300. The molecular weight excluding hydrogens is 360 g/mol. The predicted octanol–water partition coefficient (Wildman–Crippen LogP) is 3.20. The third kappa shape index (κ3) is 5.61. The number of benzene rings is 1. The van der Waals surface area contributed by atoms with Crippen molar-refractivity contribution in [1.29, 1.82) is 0 Å². The molecule has 0 amide bonds. The lowest BCUT2D eigenvalue weighted by Crippen LogP contribution is -2.47. The second-order valence-electron chi connectivity index (χ2n) is 7.99. The lowest BCUT2D eigenvalue weighted by molar-refractivity contribution is -0.170. The van der Waals surface area contributed by atoms with Crippen LogP contribution in [-0.2, 0) is 16.0 Å². The number of ether oxygens (including phenoxy) is 2. The van der Waals surface area contributed by atoms with E-state index >= 15 is 0 Å². The van der Waals surface area contributed by atoms with Crippen LogP contribution in [0.3, 0.4) is 0 Å². The smallest absolute Gasteiger partial charge is 0.303 e. The van der Waals surface area contributed by atoms with Gasteiger partial charge < -0.3 is 24.8 Å². The molecule has 4 unspecified atom stereocenters. The van der Waals surface area contributed by atoms with Gasteiger partial charge in [-0.05, 0) is 61.6 Å². The van der Waals surface area contributed by atoms with E-state index in [1.54, 1.807) is 12.1 Å². The maximum Gasteiger partial charge on any atom is 0.303 e. The van der Waals surface area contributed by atoms with Gasteiger partial charge >= 0.3 is 5.97 Å². The van der Waals surface area contributed by atoms with Crippen LogP contribution in [0.2, 0.25) is 0 Å². The first-order valence-electron chi connectivity index (χ1n) is 10.2. The van der Waals surface area contributed by atoms with Gasteiger partial charge in [-0.2, -0.15) is 0 Å². The molecule has 28 heavy (non-hydrogen) atoms. The van der Waals surface area contributed by atoms with Crippen molar-refractivity contribution < 1.29 is 29.6 Å². The van der Waals surface area contributed by atoms with E-state index in [9.17, 15) is 20.1 Å². The normalized spacial score (nSPS) is 25.9. The Morgan fingerprint density at radius 3 is 2.71 bits per heavy atom. The summed E-state index contributed by atoms with van der Waals surface area (Å²) < 4.78 is 10.9. The van der Waals surface area contributed by atoms with E-state index in [1.165, 1.54) is 14.0 Å². The van der Waals surface area contributed by atoms with Crippen molar-refractivity contribution in [1.82, 2.24) is 0 Å². The molecule has 3 N–H and O–H groups in total. The van der Waals surface area contributed by atoms with Crippen LogP contribution >= 0.6 is 0 Å². The molecule has 2 rings (SSSR count). The second kappa shape index (κ2) is 10.1. The predicted molar refractivity (Wildman–Crippen MR) is 106 cm³/mol. The van der Waals surface area contributed by atoms with Crippen molar-refractivity contribution in [2.45, 2.75) is 70.5 Å². The Labute approximate surface area is 167 Å². The Morgan fingerprint density at radius 2 is 2.14 bits per heavy atom. The third-order valence-electron chi connectivity index (χ3n) is 5.98. The van der Waals surface area contributed by atoms with Crippen LogP contribution in [0.25, 0.3) is 0 Å². The molecule has 1 aromatic rings. The molecule has 0 spiro atoms. The number of aryl methyl sites for hydroxylation is 1. The summed E-state index contributed by atoms with van der Waals surface area (Å²) in [7, 11) is 1.50. The number of aliphatic hydroxyl groups is 2. The Balaban J connectivity index is 2.11. The Bertz CT molecular complexity index is 646. The molecule has 158 valence electrons. The van der Waals surface area contributed by atoms with Gasteiger partial charge in [0, 0.05) is 20.0 Å². The van der Waals surface area contributed by atoms with E-state index in [0.717, 1.165) is 24.8 Å². The number of rotatable bonds is 9. The molecular formula is C22H34O6. The number of phenolic OH excluding ortho intramolecular Hbond substituents is 1. The fourth-order valence-corrected chi connectivity index (χ4v) is 4.54. The fourth-order valence-electron chi connectivity index (χ4n) is 4.54. The molecule has 0 radical (unpaired) electrons. The van der Waals surface area contributed by atoms with Crippen LogP contribution in [0.5, 0.6) is 11.5 Å². The molecule has 0 aromatic heterocycles. The van der Waals surface area contributed by atoms with Crippen molar-refractivity contribution >= 4 is 5.97 Å². The van der Waals surface area contributed by atoms with Gasteiger partial charge in [0.2, 0.25) is 0 Å². The van der Waals surface area contributed by atoms with Crippen LogP contribution in [0.15, 0.2) is 18.2 Å². The van der Waals surface area contributed by atoms with E-state index in [1.807, 2.05) is 6.07 Å². The van der Waals surface area contributed by atoms with E-state index in [2.05, 4.69) is 6.92 Å². The van der Waals surface area contributed by atoms with Crippen molar-refractivity contribution in [3.05, 3.63) is 23.8 Å². The van der Waals surface area contributed by atoms with Gasteiger partial charge in [0.05, 0.1) is 13.2 Å². The Kier molecular flexibility index (Phi) is 8.13. The summed E-state index contributed by atoms with van der Waals surface area (Å²) in [5.74, 6) is 0.260.